The molecule has 1 aromatic rings. The summed E-state index contributed by atoms with van der Waals surface area (Å²) in [6.45, 7) is 11.4. The molecule has 3 rings (SSSR count). The first-order chi connectivity index (χ1) is 17.4. The molecule has 3 heterocycles. The number of carbonyl (C=O) groups is 2. The van der Waals surface area contributed by atoms with Crippen LogP contribution in [0.2, 0.25) is 0 Å². The highest BCUT2D eigenvalue weighted by Gasteiger charge is 2.48. The molecular weight excluding hydrogens is 492 g/mol. The molecule has 3 N–H and O–H groups in total. The minimum Gasteiger partial charge on any atom is -0.458 e. The third-order valence-corrected chi connectivity index (χ3v) is 9.10. The van der Waals surface area contributed by atoms with Gasteiger partial charge in [0.2, 0.25) is 0 Å². The lowest BCUT2D eigenvalue weighted by molar-refractivity contribution is -0.154. The fraction of sp³-hybridized carbons (Fsp3) is 0.750. The van der Waals surface area contributed by atoms with Crippen molar-refractivity contribution in [2.45, 2.75) is 104 Å². The lowest BCUT2D eigenvalue weighted by Crippen LogP contribution is -2.45. The van der Waals surface area contributed by atoms with Crippen LogP contribution in [0.3, 0.4) is 0 Å². The van der Waals surface area contributed by atoms with Crippen molar-refractivity contribution in [2.75, 3.05) is 13.2 Å². The molecular formula is C28H44N2O6S. The van der Waals surface area contributed by atoms with Crippen LogP contribution >= 0.6 is 11.3 Å². The number of ketones is 1. The highest BCUT2D eigenvalue weighted by Crippen LogP contribution is 2.39. The van der Waals surface area contributed by atoms with E-state index >= 15 is 0 Å². The van der Waals surface area contributed by atoms with E-state index < -0.39 is 35.6 Å². The Hall–Kier alpha value is -1.65. The molecule has 2 fully saturated rings. The van der Waals surface area contributed by atoms with Crippen molar-refractivity contribution in [3.63, 3.8) is 0 Å². The number of aliphatic hydroxyl groups excluding tert-OH is 3. The first-order valence-electron chi connectivity index (χ1n) is 13.4. The van der Waals surface area contributed by atoms with Crippen molar-refractivity contribution in [2.24, 2.45) is 17.3 Å². The monoisotopic (exact) mass is 536 g/mol. The van der Waals surface area contributed by atoms with Gasteiger partial charge in [-0.3, -0.25) is 14.5 Å². The maximum atomic E-state index is 13.3. The minimum atomic E-state index is -1.24. The number of nitrogens with zero attached hydrogens (tertiary/aromatic N) is 2. The average Bonchev–Trinajstić information content (AvgIpc) is 3.29. The number of aliphatic hydroxyl groups is 3. The number of esters is 1. The average molecular weight is 537 g/mol. The van der Waals surface area contributed by atoms with E-state index in [1.54, 1.807) is 32.1 Å². The highest BCUT2D eigenvalue weighted by molar-refractivity contribution is 7.09. The molecule has 0 spiro atoms. The summed E-state index contributed by atoms with van der Waals surface area (Å²) in [7, 11) is 0. The summed E-state index contributed by atoms with van der Waals surface area (Å²) < 4.78 is 5.94. The first kappa shape index (κ1) is 29.9. The molecule has 0 aromatic carbocycles. The van der Waals surface area contributed by atoms with Crippen LogP contribution in [-0.2, 0) is 14.3 Å². The van der Waals surface area contributed by atoms with Gasteiger partial charge in [-0.1, -0.05) is 34.1 Å². The molecule has 208 valence electrons. The molecule has 0 saturated carbocycles. The van der Waals surface area contributed by atoms with E-state index in [1.165, 1.54) is 0 Å². The number of cyclic esters (lactones) is 1. The smallest absolute Gasteiger partial charge is 0.309 e. The van der Waals surface area contributed by atoms with Crippen molar-refractivity contribution in [3.05, 3.63) is 21.7 Å². The number of thiazole rings is 1. The molecule has 8 nitrogen and oxygen atoms in total. The van der Waals surface area contributed by atoms with E-state index in [-0.39, 0.29) is 36.8 Å². The van der Waals surface area contributed by atoms with Gasteiger partial charge in [-0.25, -0.2) is 4.98 Å². The number of Topliss-reactive ketones (excluding diaryl/α,β-unsaturated/α-hetero) is 1. The van der Waals surface area contributed by atoms with Gasteiger partial charge in [-0.2, -0.15) is 0 Å². The van der Waals surface area contributed by atoms with Gasteiger partial charge in [0.25, 0.3) is 0 Å². The topological polar surface area (TPSA) is 120 Å². The summed E-state index contributed by atoms with van der Waals surface area (Å²) >= 11 is 1.55. The Labute approximate surface area is 224 Å². The molecule has 2 aliphatic rings. The fourth-order valence-electron chi connectivity index (χ4n) is 5.65. The maximum Gasteiger partial charge on any atom is 0.309 e. The summed E-state index contributed by atoms with van der Waals surface area (Å²) in [5.41, 5.74) is 0.467. The molecule has 2 aliphatic heterocycles. The van der Waals surface area contributed by atoms with Crippen LogP contribution in [0.1, 0.15) is 77.4 Å². The summed E-state index contributed by atoms with van der Waals surface area (Å²) in [5, 5.41) is 34.3. The van der Waals surface area contributed by atoms with E-state index in [4.69, 9.17) is 4.74 Å². The van der Waals surface area contributed by atoms with Crippen LogP contribution in [0.5, 0.6) is 0 Å². The summed E-state index contributed by atoms with van der Waals surface area (Å²) in [6, 6.07) is 0.434. The Bertz CT molecular complexity index is 976. The Morgan fingerprint density at radius 3 is 2.57 bits per heavy atom. The maximum absolute atomic E-state index is 13.3. The molecule has 37 heavy (non-hydrogen) atoms. The molecule has 9 heteroatoms. The number of ether oxygens (including phenoxy) is 1. The van der Waals surface area contributed by atoms with Crippen molar-refractivity contribution < 1.29 is 29.6 Å². The van der Waals surface area contributed by atoms with Crippen molar-refractivity contribution in [1.82, 2.24) is 9.88 Å². The van der Waals surface area contributed by atoms with Gasteiger partial charge >= 0.3 is 5.97 Å². The standard InChI is InChI=1S/C28H44N2O6S/c1-16-8-7-9-21-22(30(21)10-11-31)13-23(17(2)12-20-15-37-19(4)29-20)36-25(33)14-24(32)28(5,6)27(35)18(3)26(16)34/h12,15-16,18,21-24,26,31-32,34H,7-11,13-14H2,1-6H3/b17-12-/t16-,18+,21+,22?,23?,24?,26-,30?/m0/s1. The van der Waals surface area contributed by atoms with Gasteiger partial charge in [-0.15, -0.1) is 11.3 Å². The summed E-state index contributed by atoms with van der Waals surface area (Å²) in [4.78, 5) is 33.1. The zero-order chi connectivity index (χ0) is 27.5. The van der Waals surface area contributed by atoms with Crippen LogP contribution in [-0.4, -0.2) is 80.5 Å². The van der Waals surface area contributed by atoms with Crippen LogP contribution in [0.15, 0.2) is 11.0 Å². The van der Waals surface area contributed by atoms with Gasteiger partial charge in [0.05, 0.1) is 41.4 Å². The SMILES string of the molecule is C/C(=C/c1csc(C)n1)C1CC2[C@@H](CCC[C@H](C)[C@H](O)[C@@H](C)C(=O)C(C)(C)C(O)CC(=O)O1)N2CCO. The number of hydrogen-bond donors (Lipinski definition) is 3. The molecule has 8 atom stereocenters. The Kier molecular flexibility index (Phi) is 10.1. The largest absolute Gasteiger partial charge is 0.458 e. The predicted octanol–water partition coefficient (Wildman–Crippen LogP) is 3.37. The molecule has 0 amide bonds. The van der Waals surface area contributed by atoms with Gasteiger partial charge in [0, 0.05) is 36.3 Å². The summed E-state index contributed by atoms with van der Waals surface area (Å²) in [6.07, 6.45) is 2.19. The molecule has 0 radical (unpaired) electrons. The first-order valence-corrected chi connectivity index (χ1v) is 14.3. The Morgan fingerprint density at radius 2 is 1.95 bits per heavy atom. The van der Waals surface area contributed by atoms with Crippen LogP contribution in [0.4, 0.5) is 0 Å². The molecule has 0 bridgehead atoms. The van der Waals surface area contributed by atoms with E-state index in [2.05, 4.69) is 9.88 Å². The van der Waals surface area contributed by atoms with Crippen molar-refractivity contribution in [1.29, 1.82) is 0 Å². The normalized spacial score (nSPS) is 36.1. The second-order valence-electron chi connectivity index (χ2n) is 11.5. The number of fused-ring (bicyclic) bond motifs is 1. The number of hydrogen-bond acceptors (Lipinski definition) is 9. The molecule has 2 saturated heterocycles. The number of aromatic nitrogens is 1. The molecule has 4 unspecified atom stereocenters. The van der Waals surface area contributed by atoms with E-state index in [9.17, 15) is 24.9 Å². The van der Waals surface area contributed by atoms with E-state index in [0.29, 0.717) is 13.0 Å². The number of carbonyl (C=O) groups excluding carboxylic acids is 2. The molecule has 0 aliphatic carbocycles. The van der Waals surface area contributed by atoms with Crippen molar-refractivity contribution in [3.8, 4) is 0 Å². The van der Waals surface area contributed by atoms with Gasteiger partial charge in [0.1, 0.15) is 11.9 Å². The lowest BCUT2D eigenvalue weighted by Gasteiger charge is -2.34. The predicted molar refractivity (Wildman–Crippen MR) is 144 cm³/mol. The number of rotatable bonds is 4. The zero-order valence-electron chi connectivity index (χ0n) is 23.0. The molecule has 1 aromatic heterocycles. The quantitative estimate of drug-likeness (QED) is 0.396. The van der Waals surface area contributed by atoms with Gasteiger partial charge < -0.3 is 20.1 Å². The summed E-state index contributed by atoms with van der Waals surface area (Å²) in [5.74, 6) is -1.57. The number of β-amino-alcohol motifs (C(OH)–C–C–N with tert-alkyl or cyclic N) is 1. The second kappa shape index (κ2) is 12.5. The third-order valence-electron chi connectivity index (χ3n) is 8.31. The fourth-order valence-corrected chi connectivity index (χ4v) is 6.22. The van der Waals surface area contributed by atoms with Crippen LogP contribution in [0, 0.1) is 24.2 Å². The highest BCUT2D eigenvalue weighted by atomic mass is 32.1. The van der Waals surface area contributed by atoms with Crippen LogP contribution < -0.4 is 0 Å². The third kappa shape index (κ3) is 7.26. The lowest BCUT2D eigenvalue weighted by atomic mass is 9.73. The van der Waals surface area contributed by atoms with Crippen molar-refractivity contribution >= 4 is 29.2 Å². The van der Waals surface area contributed by atoms with Gasteiger partial charge in [0.15, 0.2) is 0 Å². The van der Waals surface area contributed by atoms with Gasteiger partial charge in [-0.05, 0) is 44.3 Å². The number of aryl methyl sites for hydroxylation is 1. The van der Waals surface area contributed by atoms with E-state index in [1.807, 2.05) is 32.2 Å². The zero-order valence-corrected chi connectivity index (χ0v) is 23.8. The second-order valence-corrected chi connectivity index (χ2v) is 12.5. The Balaban J connectivity index is 1.88. The Morgan fingerprint density at radius 1 is 1.24 bits per heavy atom. The van der Waals surface area contributed by atoms with Crippen LogP contribution in [0.25, 0.3) is 6.08 Å². The van der Waals surface area contributed by atoms with E-state index in [0.717, 1.165) is 35.5 Å². The minimum absolute atomic E-state index is 0.0559.